The summed E-state index contributed by atoms with van der Waals surface area (Å²) in [5.41, 5.74) is 7.30. The van der Waals surface area contributed by atoms with Crippen molar-refractivity contribution in [2.24, 2.45) is 5.92 Å². The third-order valence-corrected chi connectivity index (χ3v) is 1.93. The fourth-order valence-electron chi connectivity index (χ4n) is 1.25. The lowest BCUT2D eigenvalue weighted by Gasteiger charge is -2.15. The Morgan fingerprint density at radius 2 is 2.25 bits per heavy atom. The molecule has 3 heteroatoms. The molecular weight excluding hydrogens is 150 g/mol. The normalized spacial score (nSPS) is 16.7. The Morgan fingerprint density at radius 3 is 2.75 bits per heavy atom. The first-order chi connectivity index (χ1) is 5.68. The van der Waals surface area contributed by atoms with Gasteiger partial charge in [0.2, 0.25) is 0 Å². The molecule has 0 unspecified atom stereocenters. The summed E-state index contributed by atoms with van der Waals surface area (Å²) in [6, 6.07) is 0. The van der Waals surface area contributed by atoms with Crippen LogP contribution in [0.3, 0.4) is 0 Å². The molecule has 2 N–H and O–H groups in total. The molecule has 0 fully saturated rings. The average molecular weight is 169 g/mol. The van der Waals surface area contributed by atoms with Crippen LogP contribution in [-0.2, 0) is 0 Å². The van der Waals surface area contributed by atoms with Gasteiger partial charge in [-0.1, -0.05) is 13.8 Å². The van der Waals surface area contributed by atoms with Crippen molar-refractivity contribution in [2.45, 2.75) is 33.6 Å². The Bertz CT molecular complexity index is 163. The largest absolute Gasteiger partial charge is 0.307 e. The summed E-state index contributed by atoms with van der Waals surface area (Å²) < 4.78 is 0. The number of allylic oxidation sites excluding steroid dienone is 1. The van der Waals surface area contributed by atoms with Crippen molar-refractivity contribution in [3.8, 4) is 0 Å². The summed E-state index contributed by atoms with van der Waals surface area (Å²) in [6.45, 7) is 7.66. The van der Waals surface area contributed by atoms with E-state index in [-0.39, 0.29) is 0 Å². The number of nitrogens with one attached hydrogen (secondary N) is 2. The van der Waals surface area contributed by atoms with Gasteiger partial charge in [0.15, 0.2) is 0 Å². The predicted molar refractivity (Wildman–Crippen MR) is 50.8 cm³/mol. The van der Waals surface area contributed by atoms with Gasteiger partial charge in [-0.05, 0) is 25.7 Å². The molecule has 0 saturated heterocycles. The lowest BCUT2D eigenvalue weighted by Crippen LogP contribution is -2.36. The Balaban J connectivity index is 2.08. The molecule has 70 valence electrons. The van der Waals surface area contributed by atoms with Crippen LogP contribution in [0.4, 0.5) is 0 Å². The molecule has 1 aliphatic rings. The van der Waals surface area contributed by atoms with Gasteiger partial charge in [-0.25, -0.2) is 0 Å². The van der Waals surface area contributed by atoms with Crippen molar-refractivity contribution in [1.29, 1.82) is 0 Å². The van der Waals surface area contributed by atoms with Crippen LogP contribution in [0, 0.1) is 5.92 Å². The Labute approximate surface area is 74.8 Å². The number of hydrogen-bond donors (Lipinski definition) is 2. The molecule has 0 radical (unpaired) electrons. The summed E-state index contributed by atoms with van der Waals surface area (Å²) in [7, 11) is 0. The first kappa shape index (κ1) is 9.39. The molecule has 12 heavy (non-hydrogen) atoms. The van der Waals surface area contributed by atoms with E-state index in [0.717, 1.165) is 12.5 Å². The number of nitrogens with zero attached hydrogens (tertiary/aromatic N) is 1. The second kappa shape index (κ2) is 4.36. The van der Waals surface area contributed by atoms with Crippen molar-refractivity contribution in [2.75, 3.05) is 6.54 Å². The minimum Gasteiger partial charge on any atom is -0.307 e. The van der Waals surface area contributed by atoms with Crippen LogP contribution in [0.1, 0.15) is 33.6 Å². The molecule has 0 amide bonds. The van der Waals surface area contributed by atoms with E-state index in [1.807, 2.05) is 0 Å². The smallest absolute Gasteiger partial charge is 0.0422 e. The highest BCUT2D eigenvalue weighted by molar-refractivity contribution is 4.96. The van der Waals surface area contributed by atoms with Crippen molar-refractivity contribution in [3.05, 3.63) is 11.9 Å². The zero-order valence-corrected chi connectivity index (χ0v) is 8.22. The van der Waals surface area contributed by atoms with Crippen molar-refractivity contribution >= 4 is 0 Å². The van der Waals surface area contributed by atoms with Gasteiger partial charge in [0.05, 0.1) is 0 Å². The minimum atomic E-state index is 0.811. The van der Waals surface area contributed by atoms with Crippen LogP contribution < -0.4 is 11.0 Å². The zero-order valence-electron chi connectivity index (χ0n) is 8.22. The average Bonchev–Trinajstić information content (AvgIpc) is 2.35. The van der Waals surface area contributed by atoms with Crippen LogP contribution in [0.2, 0.25) is 0 Å². The molecule has 0 aromatic carbocycles. The molecule has 0 atom stereocenters. The highest BCUT2D eigenvalue weighted by Crippen LogP contribution is 2.05. The molecular formula is C9H19N3. The van der Waals surface area contributed by atoms with E-state index in [1.165, 1.54) is 18.5 Å². The Hall–Kier alpha value is -0.700. The van der Waals surface area contributed by atoms with Gasteiger partial charge >= 0.3 is 0 Å². The molecule has 1 heterocycles. The van der Waals surface area contributed by atoms with Gasteiger partial charge in [0.25, 0.3) is 0 Å². The van der Waals surface area contributed by atoms with Crippen molar-refractivity contribution in [1.82, 2.24) is 16.0 Å². The zero-order chi connectivity index (χ0) is 8.97. The molecule has 0 aromatic rings. The van der Waals surface area contributed by atoms with Gasteiger partial charge in [-0.2, -0.15) is 0 Å². The Kier molecular flexibility index (Phi) is 3.41. The third-order valence-electron chi connectivity index (χ3n) is 1.93. The van der Waals surface area contributed by atoms with Gasteiger partial charge in [-0.15, -0.1) is 5.53 Å². The lowest BCUT2D eigenvalue weighted by atomic mass is 10.1. The first-order valence-electron chi connectivity index (χ1n) is 4.65. The van der Waals surface area contributed by atoms with E-state index in [0.29, 0.717) is 0 Å². The van der Waals surface area contributed by atoms with E-state index >= 15 is 0 Å². The second-order valence-corrected chi connectivity index (χ2v) is 3.78. The van der Waals surface area contributed by atoms with Crippen molar-refractivity contribution < 1.29 is 0 Å². The highest BCUT2D eigenvalue weighted by atomic mass is 15.7. The number of hydrazine groups is 2. The van der Waals surface area contributed by atoms with Crippen LogP contribution in [0.15, 0.2) is 11.9 Å². The molecule has 0 aromatic heterocycles. The number of hydrogen-bond acceptors (Lipinski definition) is 3. The quantitative estimate of drug-likeness (QED) is 0.669. The topological polar surface area (TPSA) is 27.3 Å². The molecule has 0 aliphatic carbocycles. The maximum atomic E-state index is 3.07. The first-order valence-corrected chi connectivity index (χ1v) is 4.65. The summed E-state index contributed by atoms with van der Waals surface area (Å²) in [6.07, 6.45) is 4.64. The van der Waals surface area contributed by atoms with Crippen LogP contribution in [0.5, 0.6) is 0 Å². The predicted octanol–water partition coefficient (Wildman–Crippen LogP) is 1.61. The standard InChI is InChI=1S/C9H19N3/c1-8(2)5-4-6-12-7-9(3)10-11-12/h7-8,10-11H,4-6H2,1-3H3. The molecule has 0 bridgehead atoms. The van der Waals surface area contributed by atoms with E-state index in [1.54, 1.807) is 0 Å². The van der Waals surface area contributed by atoms with Gasteiger partial charge in [0, 0.05) is 18.4 Å². The van der Waals surface area contributed by atoms with Gasteiger partial charge in [-0.3, -0.25) is 5.01 Å². The molecule has 3 nitrogen and oxygen atoms in total. The molecule has 0 spiro atoms. The Morgan fingerprint density at radius 1 is 1.50 bits per heavy atom. The molecule has 1 aliphatic heterocycles. The van der Waals surface area contributed by atoms with E-state index in [9.17, 15) is 0 Å². The van der Waals surface area contributed by atoms with Gasteiger partial charge < -0.3 is 5.43 Å². The summed E-state index contributed by atoms with van der Waals surface area (Å²) in [5.74, 6) is 0.811. The summed E-state index contributed by atoms with van der Waals surface area (Å²) in [4.78, 5) is 0. The highest BCUT2D eigenvalue weighted by Gasteiger charge is 2.06. The maximum Gasteiger partial charge on any atom is 0.0422 e. The molecule has 1 rings (SSSR count). The number of rotatable bonds is 4. The fraction of sp³-hybridized carbons (Fsp3) is 0.778. The second-order valence-electron chi connectivity index (χ2n) is 3.78. The minimum absolute atomic E-state index is 0.811. The summed E-state index contributed by atoms with van der Waals surface area (Å²) >= 11 is 0. The molecule has 0 saturated carbocycles. The van der Waals surface area contributed by atoms with Crippen LogP contribution in [-0.4, -0.2) is 11.6 Å². The van der Waals surface area contributed by atoms with Gasteiger partial charge in [0.1, 0.15) is 0 Å². The lowest BCUT2D eigenvalue weighted by molar-refractivity contribution is 0.261. The van der Waals surface area contributed by atoms with Crippen molar-refractivity contribution in [3.63, 3.8) is 0 Å². The van der Waals surface area contributed by atoms with Crippen LogP contribution >= 0.6 is 0 Å². The fourth-order valence-corrected chi connectivity index (χ4v) is 1.25. The SMILES string of the molecule is CC1=CN(CCCC(C)C)NN1. The maximum absolute atomic E-state index is 3.07. The van der Waals surface area contributed by atoms with E-state index in [2.05, 4.69) is 42.9 Å². The monoisotopic (exact) mass is 169 g/mol. The van der Waals surface area contributed by atoms with E-state index in [4.69, 9.17) is 0 Å². The van der Waals surface area contributed by atoms with E-state index < -0.39 is 0 Å². The third kappa shape index (κ3) is 3.13. The van der Waals surface area contributed by atoms with Crippen LogP contribution in [0.25, 0.3) is 0 Å². The summed E-state index contributed by atoms with van der Waals surface area (Å²) in [5, 5.41) is 2.09.